The molecule has 0 aromatic carbocycles. The van der Waals surface area contributed by atoms with Gasteiger partial charge in [-0.15, -0.1) is 10.2 Å². The smallest absolute Gasteiger partial charge is 0.171 e. The van der Waals surface area contributed by atoms with Gasteiger partial charge in [0, 0.05) is 12.3 Å². The number of nitrogens with zero attached hydrogens (tertiary/aromatic N) is 4. The Morgan fingerprint density at radius 2 is 1.84 bits per heavy atom. The third-order valence-corrected chi connectivity index (χ3v) is 11.2. The van der Waals surface area contributed by atoms with E-state index < -0.39 is 0 Å². The van der Waals surface area contributed by atoms with Crippen molar-refractivity contribution >= 4 is 5.78 Å². The Morgan fingerprint density at radius 1 is 1.12 bits per heavy atom. The van der Waals surface area contributed by atoms with Crippen LogP contribution in [0.2, 0.25) is 0 Å². The molecule has 0 radical (unpaired) electrons. The van der Waals surface area contributed by atoms with Gasteiger partial charge in [-0.2, -0.15) is 4.80 Å². The summed E-state index contributed by atoms with van der Waals surface area (Å²) in [5, 5.41) is 23.7. The van der Waals surface area contributed by atoms with Gasteiger partial charge in [0.05, 0.1) is 12.1 Å². The number of aliphatic hydroxyl groups is 1. The highest BCUT2D eigenvalue weighted by atomic mass is 16.3. The lowest BCUT2D eigenvalue weighted by atomic mass is 9.49. The summed E-state index contributed by atoms with van der Waals surface area (Å²) >= 11 is 0. The minimum Gasteiger partial charge on any atom is -0.389 e. The number of hydrogen-bond acceptors (Lipinski definition) is 5. The van der Waals surface area contributed by atoms with Gasteiger partial charge in [0.2, 0.25) is 0 Å². The van der Waals surface area contributed by atoms with E-state index in [-0.39, 0.29) is 22.9 Å². The van der Waals surface area contributed by atoms with Crippen LogP contribution in [-0.4, -0.2) is 36.7 Å². The summed E-state index contributed by atoms with van der Waals surface area (Å²) < 4.78 is 0. The molecule has 0 spiro atoms. The minimum atomic E-state index is -0.330. The highest BCUT2D eigenvalue weighted by molar-refractivity contribution is 5.85. The zero-order valence-corrected chi connectivity index (χ0v) is 20.2. The molecule has 1 aromatic heterocycles. The molecule has 5 saturated carbocycles. The third-order valence-electron chi connectivity index (χ3n) is 11.2. The second kappa shape index (κ2) is 7.10. The van der Waals surface area contributed by atoms with Gasteiger partial charge < -0.3 is 5.11 Å². The summed E-state index contributed by atoms with van der Waals surface area (Å²) in [5.41, 5.74) is -0.218. The molecule has 6 rings (SSSR count). The second-order valence-electron chi connectivity index (χ2n) is 12.5. The van der Waals surface area contributed by atoms with E-state index in [0.29, 0.717) is 41.8 Å². The minimum absolute atomic E-state index is 0.112. The Balaban J connectivity index is 1.21. The largest absolute Gasteiger partial charge is 0.389 e. The zero-order chi connectivity index (χ0) is 22.4. The molecule has 5 aliphatic rings. The predicted molar refractivity (Wildman–Crippen MR) is 120 cm³/mol. The number of carbonyl (C=O) groups is 1. The van der Waals surface area contributed by atoms with Crippen LogP contribution in [0.25, 0.3) is 0 Å². The van der Waals surface area contributed by atoms with Gasteiger partial charge in [-0.1, -0.05) is 27.2 Å². The van der Waals surface area contributed by atoms with Gasteiger partial charge in [0.15, 0.2) is 5.82 Å². The number of rotatable bonds is 4. The van der Waals surface area contributed by atoms with Crippen molar-refractivity contribution in [3.8, 4) is 0 Å². The molecule has 6 heteroatoms. The van der Waals surface area contributed by atoms with E-state index in [9.17, 15) is 9.90 Å². The lowest BCUT2D eigenvalue weighted by Gasteiger charge is -2.56. The number of ketones is 1. The molecule has 5 fully saturated rings. The molecule has 1 N–H and O–H groups in total. The fraction of sp³-hybridized carbons (Fsp3) is 0.923. The lowest BCUT2D eigenvalue weighted by molar-refractivity contribution is -0.125. The van der Waals surface area contributed by atoms with E-state index >= 15 is 0 Å². The van der Waals surface area contributed by atoms with Crippen molar-refractivity contribution in [1.82, 2.24) is 20.2 Å². The first-order valence-electron chi connectivity index (χ1n) is 13.3. The highest BCUT2D eigenvalue weighted by Gasteiger charge is 2.70. The number of hydrogen-bond donors (Lipinski definition) is 1. The highest BCUT2D eigenvalue weighted by Crippen LogP contribution is 2.71. The van der Waals surface area contributed by atoms with Gasteiger partial charge >= 0.3 is 0 Å². The Kier molecular flexibility index (Phi) is 4.71. The SMILES string of the molecule is CCC1C2[C@H]3CC[C@@H]4[C@H](CC[C@]5(C)[C@@H]([C@@H](C)Cn6nnc(C)n6)C(=O)C[C@@H]45)[C@H]3CC[C@]12O. The number of aryl methyl sites for hydroxylation is 1. The quantitative estimate of drug-likeness (QED) is 0.763. The summed E-state index contributed by atoms with van der Waals surface area (Å²) in [6.07, 6.45) is 9.14. The Morgan fingerprint density at radius 3 is 2.56 bits per heavy atom. The van der Waals surface area contributed by atoms with Gasteiger partial charge in [-0.25, -0.2) is 0 Å². The topological polar surface area (TPSA) is 80.9 Å². The Hall–Kier alpha value is -1.30. The van der Waals surface area contributed by atoms with Crippen LogP contribution in [0, 0.1) is 65.6 Å². The molecule has 0 aliphatic heterocycles. The van der Waals surface area contributed by atoms with E-state index in [1.807, 2.05) is 6.92 Å². The summed E-state index contributed by atoms with van der Waals surface area (Å²) in [5.74, 6) is 6.17. The number of carbonyl (C=O) groups excluding carboxylic acids is 1. The van der Waals surface area contributed by atoms with E-state index in [1.54, 1.807) is 4.80 Å². The maximum atomic E-state index is 13.4. The number of Topliss-reactive ketones (excluding diaryl/α,β-unsaturated/α-hetero) is 1. The van der Waals surface area contributed by atoms with Crippen molar-refractivity contribution in [3.63, 3.8) is 0 Å². The fourth-order valence-electron chi connectivity index (χ4n) is 10.2. The van der Waals surface area contributed by atoms with Crippen LogP contribution in [0.4, 0.5) is 0 Å². The summed E-state index contributed by atoms with van der Waals surface area (Å²) in [4.78, 5) is 15.1. The standard InChI is InChI=1S/C26H40N4O2/c1-5-20-24-19-7-6-18-16(17(19)9-11-26(20,24)32)8-10-25(4)21(18)12-22(31)23(25)14(2)13-30-28-15(3)27-29-30/h14,16-21,23-24,32H,5-13H2,1-4H3/t14-,16+,17+,18+,19-,20?,21-,23-,24?,25-,26-/m0/s1. The molecule has 1 heterocycles. The molecular formula is C26H40N4O2. The van der Waals surface area contributed by atoms with Crippen LogP contribution in [0.1, 0.15) is 78.0 Å². The maximum Gasteiger partial charge on any atom is 0.171 e. The Labute approximate surface area is 191 Å². The van der Waals surface area contributed by atoms with Crippen LogP contribution in [0.3, 0.4) is 0 Å². The molecule has 176 valence electrons. The summed E-state index contributed by atoms with van der Waals surface area (Å²) in [7, 11) is 0. The normalized spacial score (nSPS) is 50.2. The fourth-order valence-corrected chi connectivity index (χ4v) is 10.2. The van der Waals surface area contributed by atoms with E-state index in [2.05, 4.69) is 36.2 Å². The van der Waals surface area contributed by atoms with Crippen molar-refractivity contribution in [3.05, 3.63) is 5.82 Å². The molecule has 11 atom stereocenters. The maximum absolute atomic E-state index is 13.4. The molecule has 0 bridgehead atoms. The molecular weight excluding hydrogens is 400 g/mol. The van der Waals surface area contributed by atoms with Crippen molar-refractivity contribution in [2.75, 3.05) is 0 Å². The van der Waals surface area contributed by atoms with Crippen molar-refractivity contribution in [2.24, 2.45) is 58.7 Å². The first-order chi connectivity index (χ1) is 15.3. The molecule has 5 aliphatic carbocycles. The van der Waals surface area contributed by atoms with Crippen molar-refractivity contribution in [2.45, 2.75) is 91.2 Å². The van der Waals surface area contributed by atoms with E-state index in [1.165, 1.54) is 32.1 Å². The molecule has 0 saturated heterocycles. The van der Waals surface area contributed by atoms with Gasteiger partial charge in [0.25, 0.3) is 0 Å². The molecule has 0 amide bonds. The zero-order valence-electron chi connectivity index (χ0n) is 20.2. The van der Waals surface area contributed by atoms with Crippen molar-refractivity contribution in [1.29, 1.82) is 0 Å². The van der Waals surface area contributed by atoms with Crippen molar-refractivity contribution < 1.29 is 9.90 Å². The number of fused-ring (bicyclic) bond motifs is 7. The number of tetrazole rings is 1. The average Bonchev–Trinajstić information content (AvgIpc) is 2.98. The van der Waals surface area contributed by atoms with Gasteiger partial charge in [-0.05, 0) is 103 Å². The first kappa shape index (κ1) is 21.2. The summed E-state index contributed by atoms with van der Waals surface area (Å²) in [6, 6.07) is 0. The van der Waals surface area contributed by atoms with Crippen LogP contribution < -0.4 is 0 Å². The monoisotopic (exact) mass is 440 g/mol. The van der Waals surface area contributed by atoms with Crippen LogP contribution in [0.5, 0.6) is 0 Å². The molecule has 1 aromatic rings. The predicted octanol–water partition coefficient (Wildman–Crippen LogP) is 4.06. The Bertz CT molecular complexity index is 915. The second-order valence-corrected chi connectivity index (χ2v) is 12.5. The molecule has 6 nitrogen and oxygen atoms in total. The van der Waals surface area contributed by atoms with Gasteiger partial charge in [-0.3, -0.25) is 4.79 Å². The summed E-state index contributed by atoms with van der Waals surface area (Å²) in [6.45, 7) is 9.45. The number of aromatic nitrogens is 4. The first-order valence-corrected chi connectivity index (χ1v) is 13.3. The van der Waals surface area contributed by atoms with Crippen LogP contribution in [-0.2, 0) is 11.3 Å². The van der Waals surface area contributed by atoms with Crippen LogP contribution >= 0.6 is 0 Å². The molecule has 2 unspecified atom stereocenters. The van der Waals surface area contributed by atoms with E-state index in [0.717, 1.165) is 37.0 Å². The molecule has 32 heavy (non-hydrogen) atoms. The lowest BCUT2D eigenvalue weighted by Crippen LogP contribution is -2.50. The van der Waals surface area contributed by atoms with E-state index in [4.69, 9.17) is 0 Å². The average molecular weight is 441 g/mol. The van der Waals surface area contributed by atoms with Gasteiger partial charge in [0.1, 0.15) is 5.78 Å². The third kappa shape index (κ3) is 2.80. The van der Waals surface area contributed by atoms with Crippen LogP contribution in [0.15, 0.2) is 0 Å².